The Morgan fingerprint density at radius 3 is 2.41 bits per heavy atom. The van der Waals surface area contributed by atoms with Crippen molar-refractivity contribution >= 4 is 12.0 Å². The normalized spacial score (nSPS) is 12.4. The predicted molar refractivity (Wildman–Crippen MR) is 66.4 cm³/mol. The Hall–Kier alpha value is -2.27. The molecule has 0 fully saturated rings. The number of allylic oxidation sites excluding steroid dienone is 1. The van der Waals surface area contributed by atoms with Crippen LogP contribution in [0.5, 0.6) is 0 Å². The minimum atomic E-state index is -1.22. The van der Waals surface area contributed by atoms with Gasteiger partial charge >= 0.3 is 5.97 Å². The monoisotopic (exact) mass is 233 g/mol. The van der Waals surface area contributed by atoms with Gasteiger partial charge in [-0.1, -0.05) is 35.9 Å². The van der Waals surface area contributed by atoms with Crippen LogP contribution in [0.4, 0.5) is 0 Å². The Bertz CT molecular complexity index is 461. The Balaban J connectivity index is 2.92. The van der Waals surface area contributed by atoms with Crippen LogP contribution in [-0.4, -0.2) is 11.1 Å². The van der Waals surface area contributed by atoms with E-state index in [0.29, 0.717) is 0 Å². The third-order valence-corrected chi connectivity index (χ3v) is 2.20. The maximum absolute atomic E-state index is 10.6. The highest BCUT2D eigenvalue weighted by Crippen LogP contribution is 2.07. The molecular formula is C12H15N3O2. The number of aliphatic carboxylic acids is 1. The van der Waals surface area contributed by atoms with E-state index in [1.54, 1.807) is 6.08 Å². The minimum absolute atomic E-state index is 0.165. The first-order valence-electron chi connectivity index (χ1n) is 4.99. The average molecular weight is 233 g/mol. The fourth-order valence-corrected chi connectivity index (χ4v) is 1.19. The summed E-state index contributed by atoms with van der Waals surface area (Å²) in [6.07, 6.45) is 3.25. The van der Waals surface area contributed by atoms with Gasteiger partial charge in [0.1, 0.15) is 5.70 Å². The highest BCUT2D eigenvalue weighted by atomic mass is 16.4. The largest absolute Gasteiger partial charge is 0.477 e. The molecule has 17 heavy (non-hydrogen) atoms. The minimum Gasteiger partial charge on any atom is -0.477 e. The summed E-state index contributed by atoms with van der Waals surface area (Å²) in [4.78, 5) is 10.6. The number of nitrogens with one attached hydrogen (secondary N) is 1. The van der Waals surface area contributed by atoms with E-state index in [2.05, 4.69) is 5.43 Å². The Morgan fingerprint density at radius 2 is 1.94 bits per heavy atom. The summed E-state index contributed by atoms with van der Waals surface area (Å²) in [5.74, 6) is 3.98. The van der Waals surface area contributed by atoms with Crippen molar-refractivity contribution in [1.29, 1.82) is 0 Å². The molecule has 0 atom stereocenters. The summed E-state index contributed by atoms with van der Waals surface area (Å²) in [7, 11) is 0. The molecule has 0 aliphatic carbocycles. The molecule has 0 aliphatic rings. The number of benzene rings is 1. The zero-order valence-electron chi connectivity index (χ0n) is 9.47. The first kappa shape index (κ1) is 12.8. The van der Waals surface area contributed by atoms with Crippen molar-refractivity contribution in [3.63, 3.8) is 0 Å². The molecule has 0 aliphatic heterocycles. The number of nitrogens with two attached hydrogens (primary N) is 2. The second kappa shape index (κ2) is 5.72. The summed E-state index contributed by atoms with van der Waals surface area (Å²) in [6.45, 7) is 1.99. The van der Waals surface area contributed by atoms with Crippen molar-refractivity contribution in [3.8, 4) is 0 Å². The van der Waals surface area contributed by atoms with Crippen molar-refractivity contribution in [3.05, 3.63) is 52.9 Å². The number of hydrazine groups is 1. The van der Waals surface area contributed by atoms with Gasteiger partial charge in [-0.05, 0) is 18.6 Å². The van der Waals surface area contributed by atoms with Crippen LogP contribution >= 0.6 is 0 Å². The van der Waals surface area contributed by atoms with E-state index < -0.39 is 5.97 Å². The van der Waals surface area contributed by atoms with Crippen molar-refractivity contribution in [2.45, 2.75) is 6.92 Å². The first-order chi connectivity index (χ1) is 8.04. The standard InChI is InChI=1S/C12H15N3O2/c1-8-2-4-9(5-3-8)6-7-10(15-14)11(13)12(16)17/h2-7,15H,13-14H2,1H3,(H,16,17)/b7-6+,11-10-. The quantitative estimate of drug-likeness (QED) is 0.266. The number of hydrogen-bond acceptors (Lipinski definition) is 4. The molecule has 0 radical (unpaired) electrons. The number of carboxylic acid groups (broad SMARTS) is 1. The zero-order chi connectivity index (χ0) is 12.8. The molecule has 0 amide bonds. The van der Waals surface area contributed by atoms with Gasteiger partial charge in [0.05, 0.1) is 5.70 Å². The smallest absolute Gasteiger partial charge is 0.353 e. The molecule has 0 spiro atoms. The summed E-state index contributed by atoms with van der Waals surface area (Å²) in [5, 5.41) is 8.70. The van der Waals surface area contributed by atoms with Gasteiger partial charge in [-0.3, -0.25) is 5.84 Å². The number of carboxylic acids is 1. The second-order valence-corrected chi connectivity index (χ2v) is 3.52. The van der Waals surface area contributed by atoms with E-state index in [-0.39, 0.29) is 11.4 Å². The average Bonchev–Trinajstić information content (AvgIpc) is 2.31. The summed E-state index contributed by atoms with van der Waals surface area (Å²) in [6, 6.07) is 7.74. The van der Waals surface area contributed by atoms with Gasteiger partial charge in [0, 0.05) is 0 Å². The van der Waals surface area contributed by atoms with Gasteiger partial charge in [0.15, 0.2) is 0 Å². The van der Waals surface area contributed by atoms with Crippen molar-refractivity contribution < 1.29 is 9.90 Å². The van der Waals surface area contributed by atoms with Crippen LogP contribution in [0.3, 0.4) is 0 Å². The Morgan fingerprint density at radius 1 is 1.35 bits per heavy atom. The maximum Gasteiger partial charge on any atom is 0.353 e. The van der Waals surface area contributed by atoms with Crippen LogP contribution in [0.1, 0.15) is 11.1 Å². The van der Waals surface area contributed by atoms with Gasteiger partial charge in [0.2, 0.25) is 0 Å². The van der Waals surface area contributed by atoms with Gasteiger partial charge in [0.25, 0.3) is 0 Å². The third kappa shape index (κ3) is 3.66. The molecule has 5 heteroatoms. The van der Waals surface area contributed by atoms with Crippen molar-refractivity contribution in [2.24, 2.45) is 11.6 Å². The molecule has 0 heterocycles. The lowest BCUT2D eigenvalue weighted by Gasteiger charge is -2.03. The highest BCUT2D eigenvalue weighted by Gasteiger charge is 2.06. The van der Waals surface area contributed by atoms with Crippen LogP contribution < -0.4 is 17.0 Å². The molecule has 1 aromatic carbocycles. The molecule has 90 valence electrons. The molecular weight excluding hydrogens is 218 g/mol. The molecule has 0 aromatic heterocycles. The van der Waals surface area contributed by atoms with Crippen LogP contribution in [0.15, 0.2) is 41.7 Å². The van der Waals surface area contributed by atoms with Gasteiger partial charge < -0.3 is 16.3 Å². The highest BCUT2D eigenvalue weighted by molar-refractivity contribution is 5.87. The van der Waals surface area contributed by atoms with Gasteiger partial charge in [-0.15, -0.1) is 0 Å². The fourth-order valence-electron chi connectivity index (χ4n) is 1.19. The lowest BCUT2D eigenvalue weighted by atomic mass is 10.1. The topological polar surface area (TPSA) is 101 Å². The SMILES string of the molecule is Cc1ccc(/C=C/C(NN)=C(/N)C(=O)O)cc1. The van der Waals surface area contributed by atoms with Crippen molar-refractivity contribution in [2.75, 3.05) is 0 Å². The van der Waals surface area contributed by atoms with Crippen LogP contribution in [0.25, 0.3) is 6.08 Å². The second-order valence-electron chi connectivity index (χ2n) is 3.52. The Labute approximate surface area is 99.4 Å². The van der Waals surface area contributed by atoms with E-state index >= 15 is 0 Å². The predicted octanol–water partition coefficient (Wildman–Crippen LogP) is 0.726. The van der Waals surface area contributed by atoms with E-state index in [4.69, 9.17) is 16.7 Å². The zero-order valence-corrected chi connectivity index (χ0v) is 9.47. The number of rotatable bonds is 4. The summed E-state index contributed by atoms with van der Waals surface area (Å²) in [5.41, 5.74) is 9.52. The lowest BCUT2D eigenvalue weighted by Crippen LogP contribution is -2.26. The fraction of sp³-hybridized carbons (Fsp3) is 0.0833. The van der Waals surface area contributed by atoms with Crippen molar-refractivity contribution in [1.82, 2.24) is 5.43 Å². The van der Waals surface area contributed by atoms with E-state index in [9.17, 15) is 4.79 Å². The van der Waals surface area contributed by atoms with Crippen LogP contribution in [0.2, 0.25) is 0 Å². The molecule has 6 N–H and O–H groups in total. The summed E-state index contributed by atoms with van der Waals surface area (Å²) < 4.78 is 0. The molecule has 5 nitrogen and oxygen atoms in total. The van der Waals surface area contributed by atoms with Gasteiger partial charge in [-0.25, -0.2) is 4.79 Å². The van der Waals surface area contributed by atoms with Crippen LogP contribution in [0, 0.1) is 6.92 Å². The van der Waals surface area contributed by atoms with Crippen LogP contribution in [-0.2, 0) is 4.79 Å². The number of aryl methyl sites for hydroxylation is 1. The molecule has 0 unspecified atom stereocenters. The number of carbonyl (C=O) groups is 1. The molecule has 0 saturated carbocycles. The first-order valence-corrected chi connectivity index (χ1v) is 4.99. The molecule has 0 bridgehead atoms. The number of hydrogen-bond donors (Lipinski definition) is 4. The summed E-state index contributed by atoms with van der Waals surface area (Å²) >= 11 is 0. The van der Waals surface area contributed by atoms with E-state index in [1.165, 1.54) is 6.08 Å². The Kier molecular flexibility index (Phi) is 4.30. The molecule has 1 rings (SSSR count). The van der Waals surface area contributed by atoms with E-state index in [1.807, 2.05) is 31.2 Å². The van der Waals surface area contributed by atoms with E-state index in [0.717, 1.165) is 11.1 Å². The molecule has 0 saturated heterocycles. The van der Waals surface area contributed by atoms with Gasteiger partial charge in [-0.2, -0.15) is 0 Å². The lowest BCUT2D eigenvalue weighted by molar-refractivity contribution is -0.132. The maximum atomic E-state index is 10.6. The third-order valence-electron chi connectivity index (χ3n) is 2.20. The molecule has 1 aromatic rings.